The van der Waals surface area contributed by atoms with Crippen LogP contribution in [0.2, 0.25) is 0 Å². The number of nitrogens with one attached hydrogen (secondary N) is 1. The number of hydrogen-bond donors (Lipinski definition) is 2. The predicted molar refractivity (Wildman–Crippen MR) is 77.4 cm³/mol. The number of guanidine groups is 1. The fraction of sp³-hybridized carbons (Fsp3) is 0.500. The Balaban J connectivity index is 2.73. The SMILES string of the molecule is CN=C(N)NCc1ccccc1CN(C)C(C)C. The molecule has 0 aliphatic rings. The Kier molecular flexibility index (Phi) is 5.65. The first-order valence-electron chi connectivity index (χ1n) is 6.27. The first-order chi connectivity index (χ1) is 8.54. The Morgan fingerprint density at radius 1 is 1.33 bits per heavy atom. The molecule has 0 heterocycles. The summed E-state index contributed by atoms with van der Waals surface area (Å²) in [6, 6.07) is 8.95. The van der Waals surface area contributed by atoms with Gasteiger partial charge in [0.05, 0.1) is 0 Å². The first-order valence-corrected chi connectivity index (χ1v) is 6.27. The average Bonchev–Trinajstić information content (AvgIpc) is 2.37. The Morgan fingerprint density at radius 3 is 2.50 bits per heavy atom. The maximum Gasteiger partial charge on any atom is 0.188 e. The second kappa shape index (κ2) is 7.01. The Labute approximate surface area is 110 Å². The van der Waals surface area contributed by atoms with Gasteiger partial charge in [0, 0.05) is 26.2 Å². The van der Waals surface area contributed by atoms with Crippen molar-refractivity contribution >= 4 is 5.96 Å². The van der Waals surface area contributed by atoms with Crippen molar-refractivity contribution < 1.29 is 0 Å². The highest BCUT2D eigenvalue weighted by Gasteiger charge is 2.07. The van der Waals surface area contributed by atoms with Gasteiger partial charge in [-0.2, -0.15) is 0 Å². The molecule has 0 aliphatic carbocycles. The molecule has 0 aromatic heterocycles. The minimum absolute atomic E-state index is 0.474. The summed E-state index contributed by atoms with van der Waals surface area (Å²) in [5, 5.41) is 3.10. The summed E-state index contributed by atoms with van der Waals surface area (Å²) in [6.45, 7) is 6.05. The lowest BCUT2D eigenvalue weighted by molar-refractivity contribution is 0.265. The van der Waals surface area contributed by atoms with Crippen molar-refractivity contribution in [1.29, 1.82) is 0 Å². The molecule has 4 nitrogen and oxygen atoms in total. The average molecular weight is 248 g/mol. The maximum atomic E-state index is 5.65. The second-order valence-electron chi connectivity index (χ2n) is 4.74. The molecule has 0 radical (unpaired) electrons. The molecular weight excluding hydrogens is 224 g/mol. The number of nitrogens with two attached hydrogens (primary N) is 1. The van der Waals surface area contributed by atoms with Gasteiger partial charge in [-0.05, 0) is 32.0 Å². The zero-order valence-electron chi connectivity index (χ0n) is 11.8. The molecule has 1 rings (SSSR count). The van der Waals surface area contributed by atoms with Crippen molar-refractivity contribution in [3.8, 4) is 0 Å². The van der Waals surface area contributed by atoms with Crippen LogP contribution in [0.3, 0.4) is 0 Å². The molecular formula is C14H24N4. The molecule has 0 atom stereocenters. The van der Waals surface area contributed by atoms with Gasteiger partial charge in [0.1, 0.15) is 0 Å². The van der Waals surface area contributed by atoms with E-state index in [-0.39, 0.29) is 0 Å². The predicted octanol–water partition coefficient (Wildman–Crippen LogP) is 1.56. The lowest BCUT2D eigenvalue weighted by atomic mass is 10.1. The molecule has 1 aromatic carbocycles. The van der Waals surface area contributed by atoms with Gasteiger partial charge in [-0.1, -0.05) is 24.3 Å². The molecule has 4 heteroatoms. The van der Waals surface area contributed by atoms with Crippen LogP contribution in [0.5, 0.6) is 0 Å². The highest BCUT2D eigenvalue weighted by Crippen LogP contribution is 2.12. The Morgan fingerprint density at radius 2 is 1.94 bits per heavy atom. The van der Waals surface area contributed by atoms with Crippen LogP contribution in [-0.4, -0.2) is 31.0 Å². The Hall–Kier alpha value is -1.55. The summed E-state index contributed by atoms with van der Waals surface area (Å²) in [5.41, 5.74) is 8.23. The molecule has 0 saturated heterocycles. The fourth-order valence-corrected chi connectivity index (χ4v) is 1.60. The summed E-state index contributed by atoms with van der Waals surface area (Å²) >= 11 is 0. The minimum Gasteiger partial charge on any atom is -0.370 e. The lowest BCUT2D eigenvalue weighted by Crippen LogP contribution is -2.31. The van der Waals surface area contributed by atoms with Crippen molar-refractivity contribution in [2.75, 3.05) is 14.1 Å². The second-order valence-corrected chi connectivity index (χ2v) is 4.74. The van der Waals surface area contributed by atoms with Crippen LogP contribution >= 0.6 is 0 Å². The first kappa shape index (κ1) is 14.5. The number of benzene rings is 1. The van der Waals surface area contributed by atoms with Gasteiger partial charge in [0.25, 0.3) is 0 Å². The van der Waals surface area contributed by atoms with Crippen LogP contribution < -0.4 is 11.1 Å². The number of hydrogen-bond acceptors (Lipinski definition) is 2. The van der Waals surface area contributed by atoms with Crippen LogP contribution in [0.4, 0.5) is 0 Å². The molecule has 3 N–H and O–H groups in total. The fourth-order valence-electron chi connectivity index (χ4n) is 1.60. The summed E-state index contributed by atoms with van der Waals surface area (Å²) in [5.74, 6) is 0.474. The summed E-state index contributed by atoms with van der Waals surface area (Å²) < 4.78 is 0. The van der Waals surface area contributed by atoms with E-state index in [1.807, 2.05) is 0 Å². The third kappa shape index (κ3) is 4.37. The normalized spacial score (nSPS) is 12.2. The van der Waals surface area contributed by atoms with E-state index in [1.165, 1.54) is 11.1 Å². The summed E-state index contributed by atoms with van der Waals surface area (Å²) in [4.78, 5) is 6.21. The zero-order valence-corrected chi connectivity index (χ0v) is 11.8. The third-order valence-electron chi connectivity index (χ3n) is 3.12. The molecule has 0 unspecified atom stereocenters. The van der Waals surface area contributed by atoms with Gasteiger partial charge in [-0.25, -0.2) is 0 Å². The van der Waals surface area contributed by atoms with Crippen LogP contribution in [0.15, 0.2) is 29.3 Å². The van der Waals surface area contributed by atoms with Crippen LogP contribution in [0.25, 0.3) is 0 Å². The third-order valence-corrected chi connectivity index (χ3v) is 3.12. The molecule has 0 saturated carbocycles. The van der Waals surface area contributed by atoms with E-state index in [1.54, 1.807) is 7.05 Å². The van der Waals surface area contributed by atoms with Crippen LogP contribution in [-0.2, 0) is 13.1 Å². The monoisotopic (exact) mass is 248 g/mol. The van der Waals surface area contributed by atoms with Crippen molar-refractivity contribution in [2.24, 2.45) is 10.7 Å². The summed E-state index contributed by atoms with van der Waals surface area (Å²) in [6.07, 6.45) is 0. The van der Waals surface area contributed by atoms with E-state index < -0.39 is 0 Å². The van der Waals surface area contributed by atoms with Crippen LogP contribution in [0.1, 0.15) is 25.0 Å². The molecule has 0 aliphatic heterocycles. The van der Waals surface area contributed by atoms with E-state index in [0.717, 1.165) is 6.54 Å². The maximum absolute atomic E-state index is 5.65. The largest absolute Gasteiger partial charge is 0.370 e. The van der Waals surface area contributed by atoms with Gasteiger partial charge in [-0.15, -0.1) is 0 Å². The molecule has 1 aromatic rings. The van der Waals surface area contributed by atoms with E-state index in [9.17, 15) is 0 Å². The number of aliphatic imine (C=N–C) groups is 1. The lowest BCUT2D eigenvalue weighted by Gasteiger charge is -2.22. The van der Waals surface area contributed by atoms with Gasteiger partial charge in [-0.3, -0.25) is 9.89 Å². The summed E-state index contributed by atoms with van der Waals surface area (Å²) in [7, 11) is 3.82. The minimum atomic E-state index is 0.474. The van der Waals surface area contributed by atoms with Crippen LogP contribution in [0, 0.1) is 0 Å². The quantitative estimate of drug-likeness (QED) is 0.614. The van der Waals surface area contributed by atoms with Gasteiger partial charge >= 0.3 is 0 Å². The van der Waals surface area contributed by atoms with Gasteiger partial charge in [0.2, 0.25) is 0 Å². The molecule has 0 spiro atoms. The van der Waals surface area contributed by atoms with E-state index in [2.05, 4.69) is 60.4 Å². The zero-order chi connectivity index (χ0) is 13.5. The molecule has 0 amide bonds. The van der Waals surface area contributed by atoms with Gasteiger partial charge < -0.3 is 11.1 Å². The molecule has 100 valence electrons. The van der Waals surface area contributed by atoms with Crippen molar-refractivity contribution in [3.05, 3.63) is 35.4 Å². The highest BCUT2D eigenvalue weighted by atomic mass is 15.1. The number of nitrogens with zero attached hydrogens (tertiary/aromatic N) is 2. The topological polar surface area (TPSA) is 53.6 Å². The molecule has 0 bridgehead atoms. The van der Waals surface area contributed by atoms with E-state index >= 15 is 0 Å². The van der Waals surface area contributed by atoms with E-state index in [0.29, 0.717) is 18.5 Å². The number of rotatable bonds is 5. The smallest absolute Gasteiger partial charge is 0.188 e. The van der Waals surface area contributed by atoms with Crippen molar-refractivity contribution in [1.82, 2.24) is 10.2 Å². The highest BCUT2D eigenvalue weighted by molar-refractivity contribution is 5.77. The molecule has 18 heavy (non-hydrogen) atoms. The van der Waals surface area contributed by atoms with Crippen molar-refractivity contribution in [2.45, 2.75) is 33.0 Å². The Bertz CT molecular complexity index is 399. The van der Waals surface area contributed by atoms with E-state index in [4.69, 9.17) is 5.73 Å². The standard InChI is InChI=1S/C14H24N4/c1-11(2)18(4)10-13-8-6-5-7-12(13)9-17-14(15)16-3/h5-8,11H,9-10H2,1-4H3,(H3,15,16,17). The van der Waals surface area contributed by atoms with Crippen molar-refractivity contribution in [3.63, 3.8) is 0 Å². The van der Waals surface area contributed by atoms with Gasteiger partial charge in [0.15, 0.2) is 5.96 Å². The molecule has 0 fully saturated rings.